The molecule has 0 radical (unpaired) electrons. The number of guanidine groups is 1. The Morgan fingerprint density at radius 3 is 2.05 bits per heavy atom. The van der Waals surface area contributed by atoms with Crippen molar-refractivity contribution in [2.45, 2.75) is 103 Å². The van der Waals surface area contributed by atoms with Crippen molar-refractivity contribution in [1.82, 2.24) is 20.4 Å². The van der Waals surface area contributed by atoms with Gasteiger partial charge in [-0.3, -0.25) is 24.2 Å². The number of amides is 4. The lowest BCUT2D eigenvalue weighted by molar-refractivity contribution is -0.149. The minimum Gasteiger partial charge on any atom is -0.480 e. The van der Waals surface area contributed by atoms with Crippen LogP contribution in [0.3, 0.4) is 0 Å². The molecule has 2 aliphatic rings. The summed E-state index contributed by atoms with van der Waals surface area (Å²) >= 11 is 0. The summed E-state index contributed by atoms with van der Waals surface area (Å²) in [6.45, 7) is 8.39. The number of carbonyl (C=O) groups excluding carboxylic acids is 4. The molecule has 2 saturated heterocycles. The van der Waals surface area contributed by atoms with Crippen molar-refractivity contribution in [1.29, 1.82) is 0 Å². The number of nitrogens with zero attached hydrogens (tertiary/aromatic N) is 3. The lowest BCUT2D eigenvalue weighted by Gasteiger charge is -2.31. The van der Waals surface area contributed by atoms with Gasteiger partial charge in [-0.1, -0.05) is 27.7 Å². The zero-order valence-electron chi connectivity index (χ0n) is 24.7. The second-order valence-corrected chi connectivity index (χ2v) is 11.7. The van der Waals surface area contributed by atoms with Crippen LogP contribution in [0, 0.1) is 11.8 Å². The van der Waals surface area contributed by atoms with Crippen LogP contribution >= 0.6 is 0 Å². The Bertz CT molecular complexity index is 983. The predicted molar refractivity (Wildman–Crippen MR) is 153 cm³/mol. The number of aliphatic imine (C=N–C) groups is 1. The maximum atomic E-state index is 13.4. The molecule has 9 N–H and O–H groups in total. The van der Waals surface area contributed by atoms with Crippen LogP contribution in [0.2, 0.25) is 0 Å². The fourth-order valence-corrected chi connectivity index (χ4v) is 5.39. The van der Waals surface area contributed by atoms with Crippen LogP contribution in [0.25, 0.3) is 0 Å². The molecule has 0 unspecified atom stereocenters. The molecule has 2 rings (SSSR count). The van der Waals surface area contributed by atoms with E-state index in [1.54, 1.807) is 13.8 Å². The highest BCUT2D eigenvalue weighted by Crippen LogP contribution is 2.22. The van der Waals surface area contributed by atoms with Gasteiger partial charge in [0, 0.05) is 19.6 Å². The van der Waals surface area contributed by atoms with Crippen LogP contribution in [0.5, 0.6) is 0 Å². The van der Waals surface area contributed by atoms with E-state index in [-0.39, 0.29) is 23.7 Å². The second-order valence-electron chi connectivity index (χ2n) is 11.7. The first-order chi connectivity index (χ1) is 19.2. The molecule has 0 bridgehead atoms. The first-order valence-corrected chi connectivity index (χ1v) is 14.5. The number of carboxylic acid groups (broad SMARTS) is 1. The molecular weight excluding hydrogens is 532 g/mol. The molecule has 0 aromatic carbocycles. The first-order valence-electron chi connectivity index (χ1n) is 14.5. The van der Waals surface area contributed by atoms with Crippen LogP contribution in [-0.2, 0) is 24.0 Å². The third-order valence-corrected chi connectivity index (χ3v) is 7.51. The Morgan fingerprint density at radius 1 is 0.927 bits per heavy atom. The van der Waals surface area contributed by atoms with Crippen molar-refractivity contribution in [3.8, 4) is 0 Å². The van der Waals surface area contributed by atoms with Gasteiger partial charge in [0.05, 0.1) is 6.04 Å². The summed E-state index contributed by atoms with van der Waals surface area (Å²) in [5.41, 5.74) is 16.7. The van der Waals surface area contributed by atoms with Gasteiger partial charge in [0.15, 0.2) is 5.96 Å². The maximum Gasteiger partial charge on any atom is 0.326 e. The fourth-order valence-electron chi connectivity index (χ4n) is 5.39. The van der Waals surface area contributed by atoms with E-state index in [4.69, 9.17) is 17.2 Å². The molecule has 232 valence electrons. The van der Waals surface area contributed by atoms with Gasteiger partial charge in [-0.05, 0) is 56.8 Å². The van der Waals surface area contributed by atoms with E-state index in [2.05, 4.69) is 15.6 Å². The molecule has 4 amide bonds. The van der Waals surface area contributed by atoms with Crippen molar-refractivity contribution in [3.63, 3.8) is 0 Å². The topological polar surface area (TPSA) is 227 Å². The van der Waals surface area contributed by atoms with Crippen LogP contribution in [0.1, 0.15) is 72.6 Å². The largest absolute Gasteiger partial charge is 0.480 e. The van der Waals surface area contributed by atoms with Crippen molar-refractivity contribution < 1.29 is 29.1 Å². The van der Waals surface area contributed by atoms with Gasteiger partial charge in [0.25, 0.3) is 0 Å². The average Bonchev–Trinajstić information content (AvgIpc) is 3.58. The molecule has 2 heterocycles. The number of hydrogen-bond donors (Lipinski definition) is 6. The number of hydrogen-bond acceptors (Lipinski definition) is 7. The average molecular weight is 581 g/mol. The molecule has 0 aromatic rings. The SMILES string of the molecule is CC(C)C[C@H](NC(=O)[C@@H](NC(=O)[C@@H]1CCCN1C(=O)[C@@H](N)CCCN=C(N)N)C(C)C)C(=O)N1CCC[C@H]1C(=O)O. The molecule has 0 spiro atoms. The highest BCUT2D eigenvalue weighted by molar-refractivity contribution is 5.96. The van der Waals surface area contributed by atoms with Crippen molar-refractivity contribution in [2.75, 3.05) is 19.6 Å². The predicted octanol–water partition coefficient (Wildman–Crippen LogP) is -0.894. The van der Waals surface area contributed by atoms with Crippen LogP contribution in [0.15, 0.2) is 4.99 Å². The summed E-state index contributed by atoms with van der Waals surface area (Å²) in [6.07, 6.45) is 3.17. The molecule has 41 heavy (non-hydrogen) atoms. The molecule has 0 saturated carbocycles. The van der Waals surface area contributed by atoms with Gasteiger partial charge in [-0.2, -0.15) is 0 Å². The van der Waals surface area contributed by atoms with Crippen molar-refractivity contribution in [2.24, 2.45) is 34.0 Å². The number of aliphatic carboxylic acids is 1. The molecule has 14 nitrogen and oxygen atoms in total. The zero-order chi connectivity index (χ0) is 30.9. The van der Waals surface area contributed by atoms with E-state index < -0.39 is 53.9 Å². The summed E-state index contributed by atoms with van der Waals surface area (Å²) in [7, 11) is 0. The molecule has 5 atom stereocenters. The normalized spacial score (nSPS) is 21.0. The fraction of sp³-hybridized carbons (Fsp3) is 0.778. The van der Waals surface area contributed by atoms with Gasteiger partial charge < -0.3 is 42.7 Å². The number of nitrogens with one attached hydrogen (secondary N) is 2. The molecule has 0 aliphatic carbocycles. The molecule has 2 aliphatic heterocycles. The van der Waals surface area contributed by atoms with E-state index in [0.29, 0.717) is 64.6 Å². The summed E-state index contributed by atoms with van der Waals surface area (Å²) in [4.78, 5) is 71.5. The number of rotatable bonds is 14. The summed E-state index contributed by atoms with van der Waals surface area (Å²) in [5.74, 6) is -3.17. The highest BCUT2D eigenvalue weighted by Gasteiger charge is 2.40. The Balaban J connectivity index is 2.09. The Labute approximate surface area is 241 Å². The number of nitrogens with two attached hydrogens (primary N) is 3. The van der Waals surface area contributed by atoms with Crippen molar-refractivity contribution in [3.05, 3.63) is 0 Å². The second kappa shape index (κ2) is 15.5. The van der Waals surface area contributed by atoms with E-state index in [9.17, 15) is 29.1 Å². The Hall–Kier alpha value is -3.42. The minimum atomic E-state index is -1.07. The third-order valence-electron chi connectivity index (χ3n) is 7.51. The van der Waals surface area contributed by atoms with Gasteiger partial charge in [0.1, 0.15) is 24.2 Å². The van der Waals surface area contributed by atoms with E-state index in [1.807, 2.05) is 13.8 Å². The monoisotopic (exact) mass is 580 g/mol. The smallest absolute Gasteiger partial charge is 0.326 e. The quantitative estimate of drug-likeness (QED) is 0.0849. The van der Waals surface area contributed by atoms with Gasteiger partial charge >= 0.3 is 5.97 Å². The molecule has 14 heteroatoms. The first kappa shape index (κ1) is 33.8. The van der Waals surface area contributed by atoms with Crippen LogP contribution < -0.4 is 27.8 Å². The van der Waals surface area contributed by atoms with Gasteiger partial charge in [-0.25, -0.2) is 4.79 Å². The summed E-state index contributed by atoms with van der Waals surface area (Å²) in [6, 6.07) is -4.40. The summed E-state index contributed by atoms with van der Waals surface area (Å²) < 4.78 is 0. The minimum absolute atomic E-state index is 0.0367. The van der Waals surface area contributed by atoms with Crippen molar-refractivity contribution >= 4 is 35.6 Å². The highest BCUT2D eigenvalue weighted by atomic mass is 16.4. The molecule has 2 fully saturated rings. The standard InChI is InChI=1S/C27H48N8O6/c1-15(2)14-18(25(39)35-13-7-10-20(35)26(40)41)32-23(37)21(16(3)4)33-22(36)19-9-6-12-34(19)24(38)17(28)8-5-11-31-27(29)30/h15-21H,5-14,28H2,1-4H3,(H,32,37)(H,33,36)(H,40,41)(H4,29,30,31)/t17-,18-,19-,20-,21-/m0/s1. The Kier molecular flexibility index (Phi) is 12.8. The van der Waals surface area contributed by atoms with E-state index in [0.717, 1.165) is 0 Å². The van der Waals surface area contributed by atoms with E-state index in [1.165, 1.54) is 9.80 Å². The lowest BCUT2D eigenvalue weighted by atomic mass is 9.99. The number of carboxylic acids is 1. The van der Waals surface area contributed by atoms with Gasteiger partial charge in [0.2, 0.25) is 23.6 Å². The zero-order valence-corrected chi connectivity index (χ0v) is 24.7. The molecular formula is C27H48N8O6. The third kappa shape index (κ3) is 9.58. The summed E-state index contributed by atoms with van der Waals surface area (Å²) in [5, 5.41) is 15.1. The van der Waals surface area contributed by atoms with Gasteiger partial charge in [-0.15, -0.1) is 0 Å². The molecule has 0 aromatic heterocycles. The van der Waals surface area contributed by atoms with E-state index >= 15 is 0 Å². The number of likely N-dealkylation sites (tertiary alicyclic amines) is 2. The van der Waals surface area contributed by atoms with Crippen LogP contribution in [-0.4, -0.2) is 100 Å². The maximum absolute atomic E-state index is 13.4. The number of carbonyl (C=O) groups is 5. The Morgan fingerprint density at radius 2 is 1.51 bits per heavy atom. The van der Waals surface area contributed by atoms with Crippen LogP contribution in [0.4, 0.5) is 0 Å². The lowest BCUT2D eigenvalue weighted by Crippen LogP contribution is -2.59.